The maximum Gasteiger partial charge on any atom is 0.123 e. The van der Waals surface area contributed by atoms with Crippen LogP contribution in [0.3, 0.4) is 0 Å². The summed E-state index contributed by atoms with van der Waals surface area (Å²) >= 11 is 6.12. The molecule has 0 aliphatic carbocycles. The average Bonchev–Trinajstić information content (AvgIpc) is 2.45. The zero-order valence-electron chi connectivity index (χ0n) is 12.3. The van der Waals surface area contributed by atoms with Crippen LogP contribution in [0.25, 0.3) is 0 Å². The maximum absolute atomic E-state index is 13.3. The molecule has 4 heteroatoms. The molecular weight excluding hydrogens is 287 g/mol. The van der Waals surface area contributed by atoms with E-state index >= 15 is 0 Å². The van der Waals surface area contributed by atoms with Gasteiger partial charge in [0.05, 0.1) is 0 Å². The van der Waals surface area contributed by atoms with Crippen molar-refractivity contribution in [3.63, 3.8) is 0 Å². The van der Waals surface area contributed by atoms with Crippen molar-refractivity contribution >= 4 is 11.6 Å². The SMILES string of the molecule is Cc1ccc(C)c(CC(Cc2cc(F)ccc2Cl)NN)c1. The number of hydrogen-bond acceptors (Lipinski definition) is 2. The molecule has 1 unspecified atom stereocenters. The van der Waals surface area contributed by atoms with Crippen LogP contribution < -0.4 is 11.3 Å². The van der Waals surface area contributed by atoms with Crippen LogP contribution in [0.15, 0.2) is 36.4 Å². The van der Waals surface area contributed by atoms with E-state index in [0.29, 0.717) is 11.4 Å². The van der Waals surface area contributed by atoms with Crippen molar-refractivity contribution < 1.29 is 4.39 Å². The van der Waals surface area contributed by atoms with Crippen molar-refractivity contribution in [2.24, 2.45) is 5.84 Å². The van der Waals surface area contributed by atoms with Gasteiger partial charge in [0.25, 0.3) is 0 Å². The highest BCUT2D eigenvalue weighted by Gasteiger charge is 2.13. The summed E-state index contributed by atoms with van der Waals surface area (Å²) in [7, 11) is 0. The van der Waals surface area contributed by atoms with E-state index in [9.17, 15) is 4.39 Å². The van der Waals surface area contributed by atoms with Gasteiger partial charge in [-0.25, -0.2) is 4.39 Å². The molecule has 2 nitrogen and oxygen atoms in total. The van der Waals surface area contributed by atoms with E-state index in [1.807, 2.05) is 0 Å². The minimum absolute atomic E-state index is 0.00444. The maximum atomic E-state index is 13.3. The third kappa shape index (κ3) is 4.27. The van der Waals surface area contributed by atoms with Crippen molar-refractivity contribution in [2.75, 3.05) is 0 Å². The second-order valence-corrected chi connectivity index (χ2v) is 5.84. The second-order valence-electron chi connectivity index (χ2n) is 5.44. The van der Waals surface area contributed by atoms with Crippen LogP contribution >= 0.6 is 11.6 Å². The van der Waals surface area contributed by atoms with Crippen LogP contribution in [-0.2, 0) is 12.8 Å². The molecule has 2 aromatic rings. The highest BCUT2D eigenvalue weighted by Crippen LogP contribution is 2.20. The first-order valence-electron chi connectivity index (χ1n) is 6.95. The van der Waals surface area contributed by atoms with Gasteiger partial charge in [0, 0.05) is 11.1 Å². The van der Waals surface area contributed by atoms with Gasteiger partial charge in [0.2, 0.25) is 0 Å². The third-order valence-corrected chi connectivity index (χ3v) is 4.05. The van der Waals surface area contributed by atoms with Crippen molar-refractivity contribution in [3.05, 3.63) is 69.5 Å². The van der Waals surface area contributed by atoms with Gasteiger partial charge in [-0.3, -0.25) is 11.3 Å². The van der Waals surface area contributed by atoms with Crippen LogP contribution in [0, 0.1) is 19.7 Å². The quantitative estimate of drug-likeness (QED) is 0.653. The highest BCUT2D eigenvalue weighted by molar-refractivity contribution is 6.31. The minimum Gasteiger partial charge on any atom is -0.271 e. The smallest absolute Gasteiger partial charge is 0.123 e. The first kappa shape index (κ1) is 16.0. The zero-order valence-corrected chi connectivity index (χ0v) is 13.0. The number of hydrogen-bond donors (Lipinski definition) is 2. The van der Waals surface area contributed by atoms with Crippen molar-refractivity contribution in [2.45, 2.75) is 32.7 Å². The molecule has 0 spiro atoms. The number of halogens is 2. The first-order valence-corrected chi connectivity index (χ1v) is 7.33. The largest absolute Gasteiger partial charge is 0.271 e. The summed E-state index contributed by atoms with van der Waals surface area (Å²) in [5.41, 5.74) is 7.27. The topological polar surface area (TPSA) is 38.0 Å². The first-order chi connectivity index (χ1) is 9.99. The predicted octanol–water partition coefficient (Wildman–Crippen LogP) is 3.71. The van der Waals surface area contributed by atoms with Gasteiger partial charge >= 0.3 is 0 Å². The molecule has 0 radical (unpaired) electrons. The van der Waals surface area contributed by atoms with Crippen LogP contribution in [0.2, 0.25) is 5.02 Å². The molecule has 0 heterocycles. The molecule has 112 valence electrons. The second kappa shape index (κ2) is 7.03. The number of hydrazine groups is 1. The Kier molecular flexibility index (Phi) is 5.34. The number of rotatable bonds is 5. The van der Waals surface area contributed by atoms with Crippen LogP contribution in [0.5, 0.6) is 0 Å². The Morgan fingerprint density at radius 2 is 1.81 bits per heavy atom. The number of benzene rings is 2. The predicted molar refractivity (Wildman–Crippen MR) is 85.8 cm³/mol. The van der Waals surface area contributed by atoms with Crippen molar-refractivity contribution in [1.82, 2.24) is 5.43 Å². The Bertz CT molecular complexity index is 575. The van der Waals surface area contributed by atoms with Crippen LogP contribution in [-0.4, -0.2) is 6.04 Å². The lowest BCUT2D eigenvalue weighted by molar-refractivity contribution is 0.519. The molecular formula is C17H20ClFN2. The van der Waals surface area contributed by atoms with Crippen LogP contribution in [0.4, 0.5) is 4.39 Å². The molecule has 0 aliphatic rings. The highest BCUT2D eigenvalue weighted by atomic mass is 35.5. The Balaban J connectivity index is 2.16. The average molecular weight is 307 g/mol. The fourth-order valence-corrected chi connectivity index (χ4v) is 2.64. The fourth-order valence-electron chi connectivity index (χ4n) is 2.44. The molecule has 3 N–H and O–H groups in total. The lowest BCUT2D eigenvalue weighted by Gasteiger charge is -2.18. The van der Waals surface area contributed by atoms with Gasteiger partial charge in [-0.05, 0) is 61.6 Å². The lowest BCUT2D eigenvalue weighted by atomic mass is 9.95. The molecule has 2 rings (SSSR count). The molecule has 0 saturated carbocycles. The molecule has 0 aliphatic heterocycles. The van der Waals surface area contributed by atoms with Gasteiger partial charge in [-0.2, -0.15) is 0 Å². The van der Waals surface area contributed by atoms with Gasteiger partial charge < -0.3 is 0 Å². The van der Waals surface area contributed by atoms with E-state index < -0.39 is 0 Å². The van der Waals surface area contributed by atoms with Gasteiger partial charge in [0.1, 0.15) is 5.82 Å². The van der Waals surface area contributed by atoms with E-state index in [1.54, 1.807) is 6.07 Å². The summed E-state index contributed by atoms with van der Waals surface area (Å²) in [5, 5.41) is 0.567. The van der Waals surface area contributed by atoms with Crippen molar-refractivity contribution in [1.29, 1.82) is 0 Å². The molecule has 1 atom stereocenters. The van der Waals surface area contributed by atoms with E-state index in [-0.39, 0.29) is 11.9 Å². The number of aryl methyl sites for hydroxylation is 2. The van der Waals surface area contributed by atoms with Crippen molar-refractivity contribution in [3.8, 4) is 0 Å². The van der Waals surface area contributed by atoms with E-state index in [2.05, 4.69) is 37.5 Å². The fraction of sp³-hybridized carbons (Fsp3) is 0.294. The molecule has 21 heavy (non-hydrogen) atoms. The lowest BCUT2D eigenvalue weighted by Crippen LogP contribution is -2.38. The Labute approximate surface area is 130 Å². The molecule has 0 bridgehead atoms. The van der Waals surface area contributed by atoms with E-state index in [4.69, 9.17) is 17.4 Å². The minimum atomic E-state index is -0.281. The zero-order chi connectivity index (χ0) is 15.4. The van der Waals surface area contributed by atoms with Gasteiger partial charge in [-0.1, -0.05) is 35.4 Å². The summed E-state index contributed by atoms with van der Waals surface area (Å²) in [6.45, 7) is 4.15. The molecule has 0 saturated heterocycles. The molecule has 2 aromatic carbocycles. The van der Waals surface area contributed by atoms with Crippen LogP contribution in [0.1, 0.15) is 22.3 Å². The molecule has 0 amide bonds. The monoisotopic (exact) mass is 306 g/mol. The molecule has 0 aromatic heterocycles. The molecule has 0 fully saturated rings. The van der Waals surface area contributed by atoms with E-state index in [1.165, 1.54) is 28.8 Å². The normalized spacial score (nSPS) is 12.4. The summed E-state index contributed by atoms with van der Waals surface area (Å²) in [5.74, 6) is 5.38. The number of nitrogens with two attached hydrogens (primary N) is 1. The summed E-state index contributed by atoms with van der Waals surface area (Å²) in [6.07, 6.45) is 1.36. The Morgan fingerprint density at radius 3 is 2.52 bits per heavy atom. The summed E-state index contributed by atoms with van der Waals surface area (Å²) in [6, 6.07) is 10.8. The Hall–Kier alpha value is -1.42. The van der Waals surface area contributed by atoms with Gasteiger partial charge in [0.15, 0.2) is 0 Å². The van der Waals surface area contributed by atoms with E-state index in [0.717, 1.165) is 12.0 Å². The Morgan fingerprint density at radius 1 is 1.10 bits per heavy atom. The van der Waals surface area contributed by atoms with Gasteiger partial charge in [-0.15, -0.1) is 0 Å². The third-order valence-electron chi connectivity index (χ3n) is 3.68. The number of nitrogens with one attached hydrogen (secondary N) is 1. The standard InChI is InChI=1S/C17H20ClFN2/c1-11-3-4-12(2)13(7-11)9-16(21-20)10-14-8-15(19)5-6-17(14)18/h3-8,16,21H,9-10,20H2,1-2H3. The summed E-state index contributed by atoms with van der Waals surface area (Å²) in [4.78, 5) is 0. The summed E-state index contributed by atoms with van der Waals surface area (Å²) < 4.78 is 13.3.